The van der Waals surface area contributed by atoms with Gasteiger partial charge in [-0.1, -0.05) is 74.0 Å². The number of hydrogen-bond acceptors (Lipinski definition) is 3. The largest absolute Gasteiger partial charge is 0.483 e. The Bertz CT molecular complexity index is 1020. The zero-order chi connectivity index (χ0) is 20.8. The third-order valence-corrected chi connectivity index (χ3v) is 4.67. The molecule has 148 valence electrons. The smallest absolute Gasteiger partial charge is 0.262 e. The molecule has 0 bridgehead atoms. The van der Waals surface area contributed by atoms with Gasteiger partial charge in [0.15, 0.2) is 12.4 Å². The number of halogens is 1. The summed E-state index contributed by atoms with van der Waals surface area (Å²) in [5, 5.41) is 3.18. The van der Waals surface area contributed by atoms with Crippen molar-refractivity contribution in [1.82, 2.24) is 0 Å². The number of carbonyl (C=O) groups excluding carboxylic acids is 2. The lowest BCUT2D eigenvalue weighted by atomic mass is 10.0. The van der Waals surface area contributed by atoms with Crippen LogP contribution in [0.25, 0.3) is 0 Å². The lowest BCUT2D eigenvalue weighted by Gasteiger charge is -2.15. The van der Waals surface area contributed by atoms with Gasteiger partial charge in [0.05, 0.1) is 5.69 Å². The van der Waals surface area contributed by atoms with Gasteiger partial charge in [0.2, 0.25) is 0 Å². The summed E-state index contributed by atoms with van der Waals surface area (Å²) in [7, 11) is 0. The zero-order valence-corrected chi connectivity index (χ0v) is 17.1. The van der Waals surface area contributed by atoms with Gasteiger partial charge < -0.3 is 10.1 Å². The van der Waals surface area contributed by atoms with Gasteiger partial charge in [-0.2, -0.15) is 0 Å². The molecule has 0 aliphatic heterocycles. The molecule has 1 amide bonds. The Kier molecular flexibility index (Phi) is 6.68. The predicted molar refractivity (Wildman–Crippen MR) is 116 cm³/mol. The van der Waals surface area contributed by atoms with Crippen molar-refractivity contribution in [2.45, 2.75) is 19.8 Å². The van der Waals surface area contributed by atoms with E-state index in [1.165, 1.54) is 0 Å². The Morgan fingerprint density at radius 2 is 1.66 bits per heavy atom. The molecule has 0 radical (unpaired) electrons. The van der Waals surface area contributed by atoms with E-state index in [4.69, 9.17) is 16.3 Å². The summed E-state index contributed by atoms with van der Waals surface area (Å²) >= 11 is 6.08. The van der Waals surface area contributed by atoms with E-state index >= 15 is 0 Å². The number of ether oxygens (including phenoxy) is 1. The molecule has 0 spiro atoms. The number of benzene rings is 3. The fourth-order valence-corrected chi connectivity index (χ4v) is 3.15. The minimum Gasteiger partial charge on any atom is -0.483 e. The van der Waals surface area contributed by atoms with Gasteiger partial charge in [-0.05, 0) is 35.7 Å². The molecule has 1 N–H and O–H groups in total. The molecule has 0 fully saturated rings. The maximum absolute atomic E-state index is 12.9. The lowest BCUT2D eigenvalue weighted by molar-refractivity contribution is -0.118. The normalized spacial score (nSPS) is 10.6. The average molecular weight is 408 g/mol. The predicted octanol–water partition coefficient (Wildman–Crippen LogP) is 5.71. The van der Waals surface area contributed by atoms with Crippen LogP contribution in [0.1, 0.15) is 41.3 Å². The number of carbonyl (C=O) groups is 2. The molecule has 0 unspecified atom stereocenters. The first-order chi connectivity index (χ1) is 14.0. The number of ketones is 1. The van der Waals surface area contributed by atoms with E-state index in [9.17, 15) is 9.59 Å². The molecule has 4 nitrogen and oxygen atoms in total. The van der Waals surface area contributed by atoms with Crippen LogP contribution in [0.2, 0.25) is 5.02 Å². The highest BCUT2D eigenvalue weighted by Gasteiger charge is 2.17. The summed E-state index contributed by atoms with van der Waals surface area (Å²) in [6.45, 7) is 3.97. The third kappa shape index (κ3) is 5.24. The van der Waals surface area contributed by atoms with Crippen molar-refractivity contribution in [1.29, 1.82) is 0 Å². The van der Waals surface area contributed by atoms with E-state index in [1.807, 2.05) is 30.3 Å². The van der Waals surface area contributed by atoms with E-state index in [0.717, 1.165) is 5.56 Å². The van der Waals surface area contributed by atoms with Crippen LogP contribution in [-0.2, 0) is 4.79 Å². The SMILES string of the molecule is CC(C)c1ccccc1OCC(=O)Nc1ccc(Cl)cc1C(=O)c1ccccc1. The first-order valence-corrected chi connectivity index (χ1v) is 9.74. The summed E-state index contributed by atoms with van der Waals surface area (Å²) in [6.07, 6.45) is 0. The Hall–Kier alpha value is -3.11. The van der Waals surface area contributed by atoms with Gasteiger partial charge in [-0.25, -0.2) is 0 Å². The molecule has 5 heteroatoms. The van der Waals surface area contributed by atoms with Crippen LogP contribution in [0.15, 0.2) is 72.8 Å². The van der Waals surface area contributed by atoms with Crippen LogP contribution in [0.3, 0.4) is 0 Å². The van der Waals surface area contributed by atoms with E-state index in [1.54, 1.807) is 42.5 Å². The first kappa shape index (κ1) is 20.6. The number of para-hydroxylation sites is 1. The van der Waals surface area contributed by atoms with Crippen LogP contribution < -0.4 is 10.1 Å². The molecular weight excluding hydrogens is 386 g/mol. The summed E-state index contributed by atoms with van der Waals surface area (Å²) in [4.78, 5) is 25.3. The van der Waals surface area contributed by atoms with E-state index in [0.29, 0.717) is 27.6 Å². The van der Waals surface area contributed by atoms with Crippen molar-refractivity contribution >= 4 is 29.0 Å². The van der Waals surface area contributed by atoms with Crippen molar-refractivity contribution in [2.75, 3.05) is 11.9 Å². The quantitative estimate of drug-likeness (QED) is 0.510. The van der Waals surface area contributed by atoms with Crippen LogP contribution in [0, 0.1) is 0 Å². The monoisotopic (exact) mass is 407 g/mol. The molecule has 0 atom stereocenters. The molecule has 0 aromatic heterocycles. The summed E-state index contributed by atoms with van der Waals surface area (Å²) in [6, 6.07) is 21.3. The highest BCUT2D eigenvalue weighted by molar-refractivity contribution is 6.31. The molecule has 3 rings (SSSR count). The Morgan fingerprint density at radius 1 is 0.966 bits per heavy atom. The Morgan fingerprint density at radius 3 is 2.38 bits per heavy atom. The van der Waals surface area contributed by atoms with Gasteiger partial charge in [0.1, 0.15) is 5.75 Å². The molecule has 0 saturated heterocycles. The topological polar surface area (TPSA) is 55.4 Å². The second kappa shape index (κ2) is 9.39. The van der Waals surface area contributed by atoms with Gasteiger partial charge in [-0.15, -0.1) is 0 Å². The number of anilines is 1. The molecule has 0 heterocycles. The molecule has 0 aliphatic rings. The highest BCUT2D eigenvalue weighted by Crippen LogP contribution is 2.26. The van der Waals surface area contributed by atoms with Crippen molar-refractivity contribution in [3.63, 3.8) is 0 Å². The number of rotatable bonds is 7. The van der Waals surface area contributed by atoms with Gasteiger partial charge in [0, 0.05) is 16.1 Å². The van der Waals surface area contributed by atoms with Crippen molar-refractivity contribution < 1.29 is 14.3 Å². The van der Waals surface area contributed by atoms with Gasteiger partial charge in [-0.3, -0.25) is 9.59 Å². The fourth-order valence-electron chi connectivity index (χ4n) is 2.98. The van der Waals surface area contributed by atoms with E-state index < -0.39 is 0 Å². The maximum Gasteiger partial charge on any atom is 0.262 e. The Labute approximate surface area is 175 Å². The Balaban J connectivity index is 1.75. The number of hydrogen-bond donors (Lipinski definition) is 1. The lowest BCUT2D eigenvalue weighted by Crippen LogP contribution is -2.22. The minimum absolute atomic E-state index is 0.161. The van der Waals surface area contributed by atoms with E-state index in [2.05, 4.69) is 19.2 Å². The fraction of sp³-hybridized carbons (Fsp3) is 0.167. The van der Waals surface area contributed by atoms with Crippen LogP contribution in [-0.4, -0.2) is 18.3 Å². The molecule has 0 aliphatic carbocycles. The highest BCUT2D eigenvalue weighted by atomic mass is 35.5. The van der Waals surface area contributed by atoms with Crippen molar-refractivity contribution in [2.24, 2.45) is 0 Å². The van der Waals surface area contributed by atoms with Gasteiger partial charge >= 0.3 is 0 Å². The zero-order valence-electron chi connectivity index (χ0n) is 16.3. The minimum atomic E-state index is -0.354. The van der Waals surface area contributed by atoms with Crippen LogP contribution in [0.5, 0.6) is 5.75 Å². The van der Waals surface area contributed by atoms with Crippen molar-refractivity contribution in [3.05, 3.63) is 94.5 Å². The van der Waals surface area contributed by atoms with Crippen molar-refractivity contribution in [3.8, 4) is 5.75 Å². The molecule has 3 aromatic carbocycles. The maximum atomic E-state index is 12.9. The average Bonchev–Trinajstić information content (AvgIpc) is 2.73. The molecule has 0 saturated carbocycles. The summed E-state index contributed by atoms with van der Waals surface area (Å²) in [5.74, 6) is 0.387. The molecule has 29 heavy (non-hydrogen) atoms. The standard InChI is InChI=1S/C24H22ClNO3/c1-16(2)19-10-6-7-11-22(19)29-15-23(27)26-21-13-12-18(25)14-20(21)24(28)17-8-4-3-5-9-17/h3-14,16H,15H2,1-2H3,(H,26,27). The third-order valence-electron chi connectivity index (χ3n) is 4.44. The summed E-state index contributed by atoms with van der Waals surface area (Å²) in [5.41, 5.74) is 2.28. The molecular formula is C24H22ClNO3. The second-order valence-electron chi connectivity index (χ2n) is 6.91. The van der Waals surface area contributed by atoms with Crippen LogP contribution >= 0.6 is 11.6 Å². The second-order valence-corrected chi connectivity index (χ2v) is 7.35. The van der Waals surface area contributed by atoms with E-state index in [-0.39, 0.29) is 24.2 Å². The number of nitrogens with one attached hydrogen (secondary N) is 1. The molecule has 3 aromatic rings. The summed E-state index contributed by atoms with van der Waals surface area (Å²) < 4.78 is 5.72. The first-order valence-electron chi connectivity index (χ1n) is 9.36. The van der Waals surface area contributed by atoms with Crippen LogP contribution in [0.4, 0.5) is 5.69 Å². The number of amides is 1. The van der Waals surface area contributed by atoms with Gasteiger partial charge in [0.25, 0.3) is 5.91 Å².